The molecule has 1 N–H and O–H groups in total. The van der Waals surface area contributed by atoms with Crippen molar-refractivity contribution >= 4 is 28.3 Å². The fourth-order valence-electron chi connectivity index (χ4n) is 3.05. The van der Waals surface area contributed by atoms with Gasteiger partial charge >= 0.3 is 0 Å². The number of methoxy groups -OCH3 is 1. The Morgan fingerprint density at radius 1 is 1.33 bits per heavy atom. The van der Waals surface area contributed by atoms with Crippen molar-refractivity contribution in [3.63, 3.8) is 0 Å². The number of aliphatic imine (C=N–C) groups is 1. The highest BCUT2D eigenvalue weighted by Gasteiger charge is 2.18. The molecule has 1 aliphatic rings. The zero-order valence-corrected chi connectivity index (χ0v) is 17.6. The summed E-state index contributed by atoms with van der Waals surface area (Å²) in [4.78, 5) is 27.5. The Bertz CT molecular complexity index is 994. The third-order valence-electron chi connectivity index (χ3n) is 4.90. The summed E-state index contributed by atoms with van der Waals surface area (Å²) < 4.78 is 10.9. The Labute approximate surface area is 176 Å². The minimum absolute atomic E-state index is 0.0102. The molecular formula is C22H27N5O3. The molecule has 0 unspecified atom stereocenters. The van der Waals surface area contributed by atoms with E-state index in [0.29, 0.717) is 43.4 Å². The molecule has 0 radical (unpaired) electrons. The molecule has 30 heavy (non-hydrogen) atoms. The SMILES string of the molecule is C=C/C(C)=C\N=C(/C)c1cc(OC)c2ncnc(NCC(=O)N3CCOCC3)c2c1. The number of hydrogen-bond donors (Lipinski definition) is 1. The number of morpholine rings is 1. The monoisotopic (exact) mass is 409 g/mol. The predicted octanol–water partition coefficient (Wildman–Crippen LogP) is 2.81. The first-order valence-corrected chi connectivity index (χ1v) is 9.79. The highest BCUT2D eigenvalue weighted by molar-refractivity contribution is 6.05. The van der Waals surface area contributed by atoms with Crippen LogP contribution in [0.1, 0.15) is 19.4 Å². The Morgan fingerprint density at radius 2 is 2.10 bits per heavy atom. The van der Waals surface area contributed by atoms with Crippen LogP contribution >= 0.6 is 0 Å². The molecule has 0 aliphatic carbocycles. The number of carbonyl (C=O) groups is 1. The standard InChI is InChI=1S/C22H27N5O3/c1-5-15(2)12-23-16(3)17-10-18-21(19(11-17)29-4)25-14-26-22(18)24-13-20(28)27-6-8-30-9-7-27/h5,10-12,14H,1,6-9,13H2,2-4H3,(H,24,25,26)/b15-12-,23-16+. The summed E-state index contributed by atoms with van der Waals surface area (Å²) in [5.41, 5.74) is 3.33. The number of hydrogen-bond acceptors (Lipinski definition) is 7. The van der Waals surface area contributed by atoms with Crippen LogP contribution in [0.2, 0.25) is 0 Å². The van der Waals surface area contributed by atoms with Crippen LogP contribution in [-0.4, -0.2) is 66.4 Å². The first kappa shape index (κ1) is 21.4. The highest BCUT2D eigenvalue weighted by Crippen LogP contribution is 2.29. The summed E-state index contributed by atoms with van der Waals surface area (Å²) in [7, 11) is 1.60. The van der Waals surface area contributed by atoms with Crippen molar-refractivity contribution in [2.24, 2.45) is 4.99 Å². The van der Waals surface area contributed by atoms with E-state index in [4.69, 9.17) is 9.47 Å². The van der Waals surface area contributed by atoms with Gasteiger partial charge in [-0.2, -0.15) is 0 Å². The maximum atomic E-state index is 12.5. The summed E-state index contributed by atoms with van der Waals surface area (Å²) in [6, 6.07) is 3.85. The van der Waals surface area contributed by atoms with E-state index in [0.717, 1.165) is 22.2 Å². The fraction of sp³-hybridized carbons (Fsp3) is 0.364. The second-order valence-electron chi connectivity index (χ2n) is 6.94. The molecule has 0 atom stereocenters. The number of allylic oxidation sites excluding steroid dienone is 2. The number of carbonyl (C=O) groups excluding carboxylic acids is 1. The molecule has 1 aliphatic heterocycles. The van der Waals surface area contributed by atoms with E-state index in [-0.39, 0.29) is 12.5 Å². The van der Waals surface area contributed by atoms with Crippen molar-refractivity contribution in [1.29, 1.82) is 0 Å². The molecule has 2 heterocycles. The van der Waals surface area contributed by atoms with E-state index in [1.165, 1.54) is 6.33 Å². The number of ether oxygens (including phenoxy) is 2. The summed E-state index contributed by atoms with van der Waals surface area (Å²) in [6.07, 6.45) is 4.98. The number of anilines is 1. The van der Waals surface area contributed by atoms with Gasteiger partial charge in [0.15, 0.2) is 0 Å². The molecule has 1 aromatic heterocycles. The first-order valence-electron chi connectivity index (χ1n) is 9.79. The largest absolute Gasteiger partial charge is 0.494 e. The second-order valence-corrected chi connectivity index (χ2v) is 6.94. The molecule has 0 spiro atoms. The quantitative estimate of drug-likeness (QED) is 0.559. The number of amides is 1. The zero-order valence-electron chi connectivity index (χ0n) is 17.6. The lowest BCUT2D eigenvalue weighted by atomic mass is 10.1. The van der Waals surface area contributed by atoms with Crippen molar-refractivity contribution in [2.75, 3.05) is 45.3 Å². The maximum absolute atomic E-state index is 12.5. The van der Waals surface area contributed by atoms with Gasteiger partial charge in [-0.3, -0.25) is 9.79 Å². The molecule has 3 rings (SSSR count). The van der Waals surface area contributed by atoms with E-state index in [2.05, 4.69) is 26.9 Å². The Balaban J connectivity index is 1.91. The topological polar surface area (TPSA) is 88.9 Å². The highest BCUT2D eigenvalue weighted by atomic mass is 16.5. The van der Waals surface area contributed by atoms with Gasteiger partial charge in [0.2, 0.25) is 5.91 Å². The lowest BCUT2D eigenvalue weighted by Crippen LogP contribution is -2.43. The van der Waals surface area contributed by atoms with E-state index >= 15 is 0 Å². The number of aromatic nitrogens is 2. The van der Waals surface area contributed by atoms with Gasteiger partial charge < -0.3 is 19.7 Å². The van der Waals surface area contributed by atoms with E-state index in [1.807, 2.05) is 26.0 Å². The Hall–Kier alpha value is -3.26. The van der Waals surface area contributed by atoms with Gasteiger partial charge in [0.05, 0.1) is 26.9 Å². The molecule has 8 heteroatoms. The fourth-order valence-corrected chi connectivity index (χ4v) is 3.05. The van der Waals surface area contributed by atoms with Crippen LogP contribution in [-0.2, 0) is 9.53 Å². The molecule has 1 saturated heterocycles. The van der Waals surface area contributed by atoms with Gasteiger partial charge in [-0.05, 0) is 31.6 Å². The lowest BCUT2D eigenvalue weighted by molar-refractivity contribution is -0.133. The van der Waals surface area contributed by atoms with Gasteiger partial charge in [-0.25, -0.2) is 9.97 Å². The third-order valence-corrected chi connectivity index (χ3v) is 4.90. The average molecular weight is 409 g/mol. The number of rotatable bonds is 7. The predicted molar refractivity (Wildman–Crippen MR) is 118 cm³/mol. The molecule has 158 valence electrons. The smallest absolute Gasteiger partial charge is 0.242 e. The summed E-state index contributed by atoms with van der Waals surface area (Å²) in [5, 5.41) is 3.92. The van der Waals surface area contributed by atoms with Gasteiger partial charge in [-0.1, -0.05) is 12.7 Å². The van der Waals surface area contributed by atoms with Crippen molar-refractivity contribution in [1.82, 2.24) is 14.9 Å². The normalized spacial score (nSPS) is 15.2. The first-order chi connectivity index (χ1) is 14.5. The molecule has 1 amide bonds. The maximum Gasteiger partial charge on any atom is 0.242 e. The van der Waals surface area contributed by atoms with E-state index < -0.39 is 0 Å². The van der Waals surface area contributed by atoms with Gasteiger partial charge in [0.1, 0.15) is 23.4 Å². The van der Waals surface area contributed by atoms with Crippen LogP contribution < -0.4 is 10.1 Å². The van der Waals surface area contributed by atoms with Gasteiger partial charge in [0, 0.05) is 36.0 Å². The molecule has 0 saturated carbocycles. The molecule has 0 bridgehead atoms. The van der Waals surface area contributed by atoms with Gasteiger partial charge in [-0.15, -0.1) is 0 Å². The minimum Gasteiger partial charge on any atom is -0.494 e. The van der Waals surface area contributed by atoms with E-state index in [1.54, 1.807) is 24.3 Å². The van der Waals surface area contributed by atoms with Crippen molar-refractivity contribution in [2.45, 2.75) is 13.8 Å². The van der Waals surface area contributed by atoms with Crippen molar-refractivity contribution < 1.29 is 14.3 Å². The van der Waals surface area contributed by atoms with E-state index in [9.17, 15) is 4.79 Å². The zero-order chi connectivity index (χ0) is 21.5. The van der Waals surface area contributed by atoms with Crippen molar-refractivity contribution in [3.8, 4) is 5.75 Å². The number of fused-ring (bicyclic) bond motifs is 1. The van der Waals surface area contributed by atoms with Crippen LogP contribution in [0.15, 0.2) is 47.9 Å². The summed E-state index contributed by atoms with van der Waals surface area (Å²) in [6.45, 7) is 10.1. The number of nitrogens with one attached hydrogen (secondary N) is 1. The van der Waals surface area contributed by atoms with Crippen LogP contribution in [0.3, 0.4) is 0 Å². The number of nitrogens with zero attached hydrogens (tertiary/aromatic N) is 4. The average Bonchev–Trinajstić information content (AvgIpc) is 2.80. The van der Waals surface area contributed by atoms with Crippen LogP contribution in [0.5, 0.6) is 5.75 Å². The van der Waals surface area contributed by atoms with Crippen molar-refractivity contribution in [3.05, 3.63) is 48.5 Å². The second kappa shape index (κ2) is 9.98. The molecule has 8 nitrogen and oxygen atoms in total. The third kappa shape index (κ3) is 5.01. The van der Waals surface area contributed by atoms with Crippen LogP contribution in [0.25, 0.3) is 10.9 Å². The lowest BCUT2D eigenvalue weighted by Gasteiger charge is -2.27. The molecule has 1 fully saturated rings. The van der Waals surface area contributed by atoms with Gasteiger partial charge in [0.25, 0.3) is 0 Å². The Morgan fingerprint density at radius 3 is 2.80 bits per heavy atom. The molecule has 1 aromatic carbocycles. The molecular weight excluding hydrogens is 382 g/mol. The summed E-state index contributed by atoms with van der Waals surface area (Å²) in [5.74, 6) is 1.20. The Kier molecular flexibility index (Phi) is 7.13. The summed E-state index contributed by atoms with van der Waals surface area (Å²) >= 11 is 0. The van der Waals surface area contributed by atoms with Crippen LogP contribution in [0, 0.1) is 0 Å². The number of benzene rings is 1. The van der Waals surface area contributed by atoms with Crippen LogP contribution in [0.4, 0.5) is 5.82 Å². The minimum atomic E-state index is 0.0102. The molecule has 2 aromatic rings.